The molecule has 1 aliphatic heterocycles. The Morgan fingerprint density at radius 3 is 2.76 bits per heavy atom. The summed E-state index contributed by atoms with van der Waals surface area (Å²) < 4.78 is 14.9. The largest absolute Gasteiger partial charge is 0.353 e. The molecule has 4 rings (SSSR count). The number of nitrogens with zero attached hydrogens (tertiary/aromatic N) is 7. The highest BCUT2D eigenvalue weighted by Crippen LogP contribution is 2.17. The fraction of sp³-hybridized carbons (Fsp3) is 0.294. The van der Waals surface area contributed by atoms with Crippen LogP contribution in [0.15, 0.2) is 36.7 Å². The van der Waals surface area contributed by atoms with Crippen LogP contribution in [0.5, 0.6) is 0 Å². The maximum atomic E-state index is 13.3. The highest BCUT2D eigenvalue weighted by molar-refractivity contribution is 5.45. The van der Waals surface area contributed by atoms with Crippen LogP contribution in [-0.2, 0) is 6.54 Å². The number of halogens is 1. The summed E-state index contributed by atoms with van der Waals surface area (Å²) in [6.45, 7) is 4.02. The number of aromatic nitrogens is 4. The molecule has 0 aliphatic carbocycles. The van der Waals surface area contributed by atoms with Gasteiger partial charge in [0.15, 0.2) is 5.65 Å². The van der Waals surface area contributed by atoms with Gasteiger partial charge in [-0.3, -0.25) is 4.90 Å². The molecule has 1 fully saturated rings. The smallest absolute Gasteiger partial charge is 0.177 e. The third-order valence-electron chi connectivity index (χ3n) is 4.43. The average molecular weight is 337 g/mol. The van der Waals surface area contributed by atoms with E-state index in [2.05, 4.69) is 31.2 Å². The first kappa shape index (κ1) is 15.5. The molecule has 126 valence electrons. The number of nitriles is 1. The predicted octanol–water partition coefficient (Wildman–Crippen LogP) is 1.46. The summed E-state index contributed by atoms with van der Waals surface area (Å²) in [5, 5.41) is 21.5. The molecule has 2 aromatic heterocycles. The Bertz CT molecular complexity index is 938. The SMILES string of the molecule is N#Cc1cc(F)ccc1CN1CCN(c2ccc3nncn3n2)CC1. The monoisotopic (exact) mass is 337 g/mol. The van der Waals surface area contributed by atoms with E-state index in [0.29, 0.717) is 12.1 Å². The molecule has 8 heteroatoms. The summed E-state index contributed by atoms with van der Waals surface area (Å²) in [4.78, 5) is 4.48. The number of rotatable bonds is 3. The van der Waals surface area contributed by atoms with Gasteiger partial charge < -0.3 is 4.90 Å². The maximum Gasteiger partial charge on any atom is 0.177 e. The van der Waals surface area contributed by atoms with Crippen LogP contribution >= 0.6 is 0 Å². The molecular formula is C17H16FN7. The van der Waals surface area contributed by atoms with Crippen molar-refractivity contribution < 1.29 is 4.39 Å². The Labute approximate surface area is 143 Å². The number of benzene rings is 1. The minimum atomic E-state index is -0.374. The minimum absolute atomic E-state index is 0.374. The van der Waals surface area contributed by atoms with Crippen molar-refractivity contribution in [2.45, 2.75) is 6.54 Å². The third kappa shape index (κ3) is 3.14. The molecule has 3 aromatic rings. The van der Waals surface area contributed by atoms with Crippen LogP contribution < -0.4 is 4.90 Å². The van der Waals surface area contributed by atoms with Crippen molar-refractivity contribution >= 4 is 11.5 Å². The van der Waals surface area contributed by atoms with Gasteiger partial charge in [0.2, 0.25) is 0 Å². The predicted molar refractivity (Wildman–Crippen MR) is 89.4 cm³/mol. The lowest BCUT2D eigenvalue weighted by molar-refractivity contribution is 0.249. The molecule has 0 unspecified atom stereocenters. The van der Waals surface area contributed by atoms with Crippen molar-refractivity contribution in [1.82, 2.24) is 24.7 Å². The van der Waals surface area contributed by atoms with Crippen molar-refractivity contribution in [3.8, 4) is 6.07 Å². The summed E-state index contributed by atoms with van der Waals surface area (Å²) in [7, 11) is 0. The van der Waals surface area contributed by atoms with Gasteiger partial charge in [0.05, 0.1) is 11.6 Å². The normalized spacial score (nSPS) is 15.4. The second kappa shape index (κ2) is 6.45. The van der Waals surface area contributed by atoms with Crippen LogP contribution in [-0.4, -0.2) is 50.9 Å². The quantitative estimate of drug-likeness (QED) is 0.720. The minimum Gasteiger partial charge on any atom is -0.353 e. The van der Waals surface area contributed by atoms with Crippen molar-refractivity contribution in [1.29, 1.82) is 5.26 Å². The van der Waals surface area contributed by atoms with Crippen molar-refractivity contribution in [3.63, 3.8) is 0 Å². The van der Waals surface area contributed by atoms with Crippen molar-refractivity contribution in [2.24, 2.45) is 0 Å². The van der Waals surface area contributed by atoms with Crippen LogP contribution in [0.3, 0.4) is 0 Å². The number of hydrogen-bond acceptors (Lipinski definition) is 6. The van der Waals surface area contributed by atoms with Crippen LogP contribution in [0.2, 0.25) is 0 Å². The van der Waals surface area contributed by atoms with Crippen molar-refractivity contribution in [2.75, 3.05) is 31.1 Å². The Morgan fingerprint density at radius 1 is 1.12 bits per heavy atom. The second-order valence-electron chi connectivity index (χ2n) is 6.00. The van der Waals surface area contributed by atoms with Gasteiger partial charge in [-0.1, -0.05) is 6.07 Å². The first-order valence-corrected chi connectivity index (χ1v) is 8.06. The zero-order chi connectivity index (χ0) is 17.2. The highest BCUT2D eigenvalue weighted by atomic mass is 19.1. The summed E-state index contributed by atoms with van der Waals surface area (Å²) in [6.07, 6.45) is 1.59. The van der Waals surface area contributed by atoms with Gasteiger partial charge in [-0.05, 0) is 29.8 Å². The van der Waals surface area contributed by atoms with Gasteiger partial charge in [0.1, 0.15) is 18.0 Å². The lowest BCUT2D eigenvalue weighted by Gasteiger charge is -2.35. The third-order valence-corrected chi connectivity index (χ3v) is 4.43. The highest BCUT2D eigenvalue weighted by Gasteiger charge is 2.19. The number of hydrogen-bond donors (Lipinski definition) is 0. The van der Waals surface area contributed by atoms with E-state index >= 15 is 0 Å². The topological polar surface area (TPSA) is 73.4 Å². The fourth-order valence-electron chi connectivity index (χ4n) is 3.05. The number of anilines is 1. The van der Waals surface area contributed by atoms with Crippen LogP contribution in [0.1, 0.15) is 11.1 Å². The molecule has 3 heterocycles. The standard InChI is InChI=1S/C17H16FN7/c18-15-2-1-13(14(9-15)10-19)11-23-5-7-24(8-6-23)17-4-3-16-21-20-12-25(16)22-17/h1-4,9,12H,5-8,11H2. The maximum absolute atomic E-state index is 13.3. The van der Waals surface area contributed by atoms with Gasteiger partial charge in [-0.25, -0.2) is 4.39 Å². The Morgan fingerprint density at radius 2 is 1.96 bits per heavy atom. The zero-order valence-corrected chi connectivity index (χ0v) is 13.5. The van der Waals surface area contributed by atoms with E-state index in [4.69, 9.17) is 5.26 Å². The average Bonchev–Trinajstić information content (AvgIpc) is 3.11. The molecular weight excluding hydrogens is 321 g/mol. The molecule has 25 heavy (non-hydrogen) atoms. The zero-order valence-electron chi connectivity index (χ0n) is 13.5. The van der Waals surface area contributed by atoms with Gasteiger partial charge >= 0.3 is 0 Å². The molecule has 0 bridgehead atoms. The summed E-state index contributed by atoms with van der Waals surface area (Å²) >= 11 is 0. The number of piperazine rings is 1. The molecule has 0 atom stereocenters. The Balaban J connectivity index is 1.42. The molecule has 0 N–H and O–H groups in total. The van der Waals surface area contributed by atoms with E-state index in [1.165, 1.54) is 12.1 Å². The molecule has 0 radical (unpaired) electrons. The molecule has 1 aliphatic rings. The van der Waals surface area contributed by atoms with Crippen molar-refractivity contribution in [3.05, 3.63) is 53.6 Å². The molecule has 1 saturated heterocycles. The summed E-state index contributed by atoms with van der Waals surface area (Å²) in [5.41, 5.74) is 1.99. The van der Waals surface area contributed by atoms with E-state index in [-0.39, 0.29) is 5.82 Å². The second-order valence-corrected chi connectivity index (χ2v) is 6.00. The van der Waals surface area contributed by atoms with E-state index in [9.17, 15) is 4.39 Å². The van der Waals surface area contributed by atoms with E-state index < -0.39 is 0 Å². The number of fused-ring (bicyclic) bond motifs is 1. The van der Waals surface area contributed by atoms with Gasteiger partial charge in [0, 0.05) is 32.7 Å². The van der Waals surface area contributed by atoms with E-state index in [0.717, 1.165) is 43.2 Å². The molecule has 7 nitrogen and oxygen atoms in total. The van der Waals surface area contributed by atoms with Gasteiger partial charge in [-0.2, -0.15) is 9.78 Å². The molecule has 0 spiro atoms. The van der Waals surface area contributed by atoms with E-state index in [1.807, 2.05) is 12.1 Å². The van der Waals surface area contributed by atoms with Gasteiger partial charge in [0.25, 0.3) is 0 Å². The molecule has 0 amide bonds. The first-order valence-electron chi connectivity index (χ1n) is 8.06. The molecule has 0 saturated carbocycles. The van der Waals surface area contributed by atoms with Crippen LogP contribution in [0, 0.1) is 17.1 Å². The Hall–Kier alpha value is -3.05. The van der Waals surface area contributed by atoms with Crippen LogP contribution in [0.4, 0.5) is 10.2 Å². The Kier molecular flexibility index (Phi) is 3.99. The fourth-order valence-corrected chi connectivity index (χ4v) is 3.05. The van der Waals surface area contributed by atoms with Gasteiger partial charge in [-0.15, -0.1) is 15.3 Å². The van der Waals surface area contributed by atoms with Crippen LogP contribution in [0.25, 0.3) is 5.65 Å². The first-order chi connectivity index (χ1) is 12.2. The summed E-state index contributed by atoms with van der Waals surface area (Å²) in [6, 6.07) is 10.3. The lowest BCUT2D eigenvalue weighted by atomic mass is 10.1. The molecule has 1 aromatic carbocycles. The van der Waals surface area contributed by atoms with E-state index in [1.54, 1.807) is 16.9 Å². The summed E-state index contributed by atoms with van der Waals surface area (Å²) in [5.74, 6) is 0.520. The lowest BCUT2D eigenvalue weighted by Crippen LogP contribution is -2.46.